The van der Waals surface area contributed by atoms with Gasteiger partial charge in [-0.1, -0.05) is 42.5 Å². The van der Waals surface area contributed by atoms with Crippen LogP contribution in [-0.4, -0.2) is 40.8 Å². The number of carbonyl (C=O) groups is 3. The summed E-state index contributed by atoms with van der Waals surface area (Å²) in [7, 11) is 0. The van der Waals surface area contributed by atoms with E-state index in [0.717, 1.165) is 11.1 Å². The van der Waals surface area contributed by atoms with Crippen LogP contribution in [0.5, 0.6) is 5.75 Å². The van der Waals surface area contributed by atoms with Crippen LogP contribution in [0.2, 0.25) is 0 Å². The lowest BCUT2D eigenvalue weighted by Crippen LogP contribution is -2.51. The summed E-state index contributed by atoms with van der Waals surface area (Å²) >= 11 is 0. The highest BCUT2D eigenvalue weighted by Gasteiger charge is 2.47. The Bertz CT molecular complexity index is 1220. The summed E-state index contributed by atoms with van der Waals surface area (Å²) in [5.74, 6) is -0.561. The van der Waals surface area contributed by atoms with Gasteiger partial charge >= 0.3 is 0 Å². The molecule has 7 heteroatoms. The maximum absolute atomic E-state index is 13.3. The van der Waals surface area contributed by atoms with Crippen LogP contribution in [0.4, 0.5) is 5.69 Å². The highest BCUT2D eigenvalue weighted by atomic mass is 16.3. The quantitative estimate of drug-likeness (QED) is 0.655. The van der Waals surface area contributed by atoms with Gasteiger partial charge in [0.1, 0.15) is 18.5 Å². The Labute approximate surface area is 184 Å². The highest BCUT2D eigenvalue weighted by Crippen LogP contribution is 2.44. The van der Waals surface area contributed by atoms with Crippen LogP contribution in [0.1, 0.15) is 38.0 Å². The van der Waals surface area contributed by atoms with Crippen molar-refractivity contribution in [3.63, 3.8) is 0 Å². The lowest BCUT2D eigenvalue weighted by Gasteiger charge is -2.40. The summed E-state index contributed by atoms with van der Waals surface area (Å²) in [6.45, 7) is 0.234. The lowest BCUT2D eigenvalue weighted by molar-refractivity contribution is -0.122. The molecule has 2 N–H and O–H groups in total. The Morgan fingerprint density at radius 2 is 1.56 bits per heavy atom. The number of aromatic hydroxyl groups is 1. The van der Waals surface area contributed by atoms with Crippen molar-refractivity contribution in [3.05, 3.63) is 95.1 Å². The molecule has 3 amide bonds. The van der Waals surface area contributed by atoms with E-state index in [1.165, 1.54) is 4.90 Å². The fraction of sp³-hybridized carbons (Fsp3) is 0.160. The molecule has 3 aromatic rings. The summed E-state index contributed by atoms with van der Waals surface area (Å²) in [4.78, 5) is 42.3. The first-order valence-electron chi connectivity index (χ1n) is 10.4. The van der Waals surface area contributed by atoms with Gasteiger partial charge < -0.3 is 15.3 Å². The average Bonchev–Trinajstić information content (AvgIpc) is 3.11. The van der Waals surface area contributed by atoms with Crippen LogP contribution in [0.15, 0.2) is 72.8 Å². The molecule has 0 bridgehead atoms. The number of anilines is 1. The zero-order chi connectivity index (χ0) is 22.2. The molecule has 160 valence electrons. The molecule has 1 unspecified atom stereocenters. The van der Waals surface area contributed by atoms with Gasteiger partial charge in [-0.3, -0.25) is 19.3 Å². The van der Waals surface area contributed by atoms with Gasteiger partial charge in [0.2, 0.25) is 5.91 Å². The molecule has 0 aromatic heterocycles. The number of carbonyl (C=O) groups excluding carboxylic acids is 3. The fourth-order valence-electron chi connectivity index (χ4n) is 4.35. The molecule has 2 aliphatic heterocycles. The molecule has 0 saturated carbocycles. The molecule has 0 saturated heterocycles. The van der Waals surface area contributed by atoms with E-state index >= 15 is 0 Å². The largest absolute Gasteiger partial charge is 0.508 e. The monoisotopic (exact) mass is 427 g/mol. The second-order valence-corrected chi connectivity index (χ2v) is 7.85. The van der Waals surface area contributed by atoms with Gasteiger partial charge in [0, 0.05) is 17.7 Å². The third kappa shape index (κ3) is 3.28. The minimum atomic E-state index is -0.649. The predicted molar refractivity (Wildman–Crippen MR) is 118 cm³/mol. The first-order chi connectivity index (χ1) is 15.5. The molecule has 2 aliphatic rings. The number of fused-ring (bicyclic) bond motifs is 5. The number of para-hydroxylation sites is 1. The predicted octanol–water partition coefficient (Wildman–Crippen LogP) is 2.87. The molecule has 1 atom stereocenters. The van der Waals surface area contributed by atoms with Crippen LogP contribution in [-0.2, 0) is 11.2 Å². The second kappa shape index (κ2) is 7.85. The molecular formula is C25H21N3O4. The maximum atomic E-state index is 13.3. The van der Waals surface area contributed by atoms with Crippen molar-refractivity contribution < 1.29 is 19.5 Å². The number of amides is 3. The van der Waals surface area contributed by atoms with E-state index in [2.05, 4.69) is 5.32 Å². The van der Waals surface area contributed by atoms with Crippen LogP contribution in [0.25, 0.3) is 0 Å². The number of nitrogens with zero attached hydrogens (tertiary/aromatic N) is 2. The van der Waals surface area contributed by atoms with Gasteiger partial charge in [-0.2, -0.15) is 0 Å². The number of phenols is 1. The van der Waals surface area contributed by atoms with Crippen molar-refractivity contribution >= 4 is 23.4 Å². The Hall–Kier alpha value is -4.13. The Morgan fingerprint density at radius 3 is 2.34 bits per heavy atom. The Balaban J connectivity index is 1.38. The van der Waals surface area contributed by atoms with Gasteiger partial charge in [-0.15, -0.1) is 0 Å². The third-order valence-electron chi connectivity index (χ3n) is 5.87. The van der Waals surface area contributed by atoms with E-state index < -0.39 is 6.17 Å². The minimum Gasteiger partial charge on any atom is -0.508 e. The molecule has 3 aromatic carbocycles. The zero-order valence-corrected chi connectivity index (χ0v) is 17.2. The molecule has 32 heavy (non-hydrogen) atoms. The molecule has 2 heterocycles. The van der Waals surface area contributed by atoms with Gasteiger partial charge in [0.05, 0.1) is 11.3 Å². The molecule has 0 aliphatic carbocycles. The third-order valence-corrected chi connectivity index (χ3v) is 5.87. The number of rotatable bonds is 5. The molecule has 5 rings (SSSR count). The van der Waals surface area contributed by atoms with Gasteiger partial charge in [-0.25, -0.2) is 0 Å². The SMILES string of the molecule is O=C(CN1C(=O)c2ccccc2N2C(=O)c3ccccc3C12)NCCc1ccc(O)cc1. The highest BCUT2D eigenvalue weighted by molar-refractivity contribution is 6.17. The standard InChI is InChI=1S/C25H21N3O4/c29-17-11-9-16(10-12-17)13-14-26-22(30)15-27-23-18-5-1-2-6-19(18)25(32)28(23)21-8-4-3-7-20(21)24(27)31/h1-12,23,29H,13-15H2,(H,26,30). The van der Waals surface area contributed by atoms with Crippen LogP contribution >= 0.6 is 0 Å². The summed E-state index contributed by atoms with van der Waals surface area (Å²) in [5.41, 5.74) is 3.21. The minimum absolute atomic E-state index is 0.161. The summed E-state index contributed by atoms with van der Waals surface area (Å²) in [5, 5.41) is 12.2. The normalized spacial score (nSPS) is 16.4. The molecule has 7 nitrogen and oxygen atoms in total. The summed E-state index contributed by atoms with van der Waals surface area (Å²) in [6, 6.07) is 21.0. The first-order valence-corrected chi connectivity index (χ1v) is 10.4. The Morgan fingerprint density at radius 1 is 0.875 bits per heavy atom. The van der Waals surface area contributed by atoms with E-state index in [1.807, 2.05) is 12.1 Å². The van der Waals surface area contributed by atoms with E-state index in [4.69, 9.17) is 0 Å². The van der Waals surface area contributed by atoms with Crippen molar-refractivity contribution in [1.29, 1.82) is 0 Å². The number of hydrogen-bond acceptors (Lipinski definition) is 4. The smallest absolute Gasteiger partial charge is 0.260 e. The van der Waals surface area contributed by atoms with Crippen LogP contribution in [0, 0.1) is 0 Å². The fourth-order valence-corrected chi connectivity index (χ4v) is 4.35. The van der Waals surface area contributed by atoms with E-state index in [0.29, 0.717) is 29.8 Å². The van der Waals surface area contributed by atoms with Crippen LogP contribution < -0.4 is 10.2 Å². The molecule has 0 fully saturated rings. The Kier molecular flexibility index (Phi) is 4.86. The van der Waals surface area contributed by atoms with Crippen LogP contribution in [0.3, 0.4) is 0 Å². The van der Waals surface area contributed by atoms with Crippen molar-refractivity contribution in [3.8, 4) is 5.75 Å². The second-order valence-electron chi connectivity index (χ2n) is 7.85. The number of hydrogen-bond donors (Lipinski definition) is 2. The number of nitrogens with one attached hydrogen (secondary N) is 1. The number of benzene rings is 3. The topological polar surface area (TPSA) is 90.0 Å². The molecule has 0 radical (unpaired) electrons. The average molecular weight is 427 g/mol. The number of phenolic OH excluding ortho intramolecular Hbond substituents is 1. The summed E-state index contributed by atoms with van der Waals surface area (Å²) in [6.07, 6.45) is -0.0522. The van der Waals surface area contributed by atoms with Crippen molar-refractivity contribution in [1.82, 2.24) is 10.2 Å². The maximum Gasteiger partial charge on any atom is 0.260 e. The van der Waals surface area contributed by atoms with Gasteiger partial charge in [0.25, 0.3) is 11.8 Å². The lowest BCUT2D eigenvalue weighted by atomic mass is 10.0. The van der Waals surface area contributed by atoms with Gasteiger partial charge in [0.15, 0.2) is 0 Å². The van der Waals surface area contributed by atoms with E-state index in [1.54, 1.807) is 65.6 Å². The van der Waals surface area contributed by atoms with E-state index in [9.17, 15) is 19.5 Å². The molecular weight excluding hydrogens is 406 g/mol. The molecule has 0 spiro atoms. The van der Waals surface area contributed by atoms with Gasteiger partial charge in [-0.05, 0) is 42.3 Å². The zero-order valence-electron chi connectivity index (χ0n) is 17.2. The van der Waals surface area contributed by atoms with Crippen molar-refractivity contribution in [2.45, 2.75) is 12.6 Å². The van der Waals surface area contributed by atoms with Crippen molar-refractivity contribution in [2.75, 3.05) is 18.0 Å². The van der Waals surface area contributed by atoms with Crippen molar-refractivity contribution in [2.24, 2.45) is 0 Å². The summed E-state index contributed by atoms with van der Waals surface area (Å²) < 4.78 is 0. The first kappa shape index (κ1) is 19.8. The van der Waals surface area contributed by atoms with E-state index in [-0.39, 0.29) is 30.0 Å².